The maximum atomic E-state index is 13.8. The van der Waals surface area contributed by atoms with Gasteiger partial charge < -0.3 is 4.74 Å². The van der Waals surface area contributed by atoms with Crippen molar-refractivity contribution in [3.05, 3.63) is 51.8 Å². The lowest BCUT2D eigenvalue weighted by Crippen LogP contribution is -2.73. The summed E-state index contributed by atoms with van der Waals surface area (Å²) in [5.74, 6) is -4.14. The molecule has 0 bridgehead atoms. The van der Waals surface area contributed by atoms with Crippen molar-refractivity contribution < 1.29 is 28.6 Å². The summed E-state index contributed by atoms with van der Waals surface area (Å²) >= 11 is 2.79. The number of halogens is 4. The molecule has 0 saturated carbocycles. The van der Waals surface area contributed by atoms with Crippen LogP contribution in [-0.2, 0) is 0 Å². The molecule has 2 aromatic carbocycles. The molecular formula is C13H7BrF3N2O2+. The first-order valence-corrected chi connectivity index (χ1v) is 6.29. The number of hydrogen-bond donors (Lipinski definition) is 2. The lowest BCUT2D eigenvalue weighted by Gasteiger charge is -2.10. The average Bonchev–Trinajstić information content (AvgIpc) is 2.47. The molecule has 0 aromatic heterocycles. The minimum Gasteiger partial charge on any atom is -0.448 e. The number of nitrogens with zero attached hydrogens (tertiary/aromatic N) is 1. The summed E-state index contributed by atoms with van der Waals surface area (Å²) in [5, 5.41) is 17.6. The molecule has 4 nitrogen and oxygen atoms in total. The van der Waals surface area contributed by atoms with Gasteiger partial charge in [0.25, 0.3) is 0 Å². The first kappa shape index (κ1) is 15.3. The number of nitriles is 1. The van der Waals surface area contributed by atoms with Crippen LogP contribution in [0.1, 0.15) is 5.56 Å². The predicted octanol–water partition coefficient (Wildman–Crippen LogP) is 3.11. The van der Waals surface area contributed by atoms with E-state index in [-0.39, 0.29) is 21.5 Å². The van der Waals surface area contributed by atoms with Gasteiger partial charge in [-0.05, 0) is 28.1 Å². The molecule has 108 valence electrons. The summed E-state index contributed by atoms with van der Waals surface area (Å²) in [6, 6.07) is 5.95. The van der Waals surface area contributed by atoms with Gasteiger partial charge in [-0.2, -0.15) is 15.1 Å². The molecule has 2 rings (SSSR count). The van der Waals surface area contributed by atoms with E-state index in [1.54, 1.807) is 6.07 Å². The highest BCUT2D eigenvalue weighted by atomic mass is 79.9. The minimum absolute atomic E-state index is 0.134. The Labute approximate surface area is 125 Å². The van der Waals surface area contributed by atoms with Crippen LogP contribution in [0.25, 0.3) is 0 Å². The van der Waals surface area contributed by atoms with Crippen LogP contribution >= 0.6 is 15.9 Å². The topological polar surface area (TPSA) is 69.9 Å². The summed E-state index contributed by atoms with van der Waals surface area (Å²) in [5.41, 5.74) is 0.187. The van der Waals surface area contributed by atoms with Crippen molar-refractivity contribution in [1.82, 2.24) is 0 Å². The lowest BCUT2D eigenvalue weighted by atomic mass is 10.2. The highest BCUT2D eigenvalue weighted by Crippen LogP contribution is 2.35. The summed E-state index contributed by atoms with van der Waals surface area (Å²) in [4.78, 5) is 0. The quantitative estimate of drug-likeness (QED) is 0.502. The van der Waals surface area contributed by atoms with Crippen LogP contribution < -0.4 is 10.2 Å². The molecule has 0 fully saturated rings. The molecule has 21 heavy (non-hydrogen) atoms. The third kappa shape index (κ3) is 3.00. The molecule has 0 heterocycles. The van der Waals surface area contributed by atoms with Gasteiger partial charge in [-0.15, -0.1) is 0 Å². The lowest BCUT2D eigenvalue weighted by molar-refractivity contribution is -0.826. The van der Waals surface area contributed by atoms with Gasteiger partial charge in [0, 0.05) is 12.1 Å². The van der Waals surface area contributed by atoms with Crippen molar-refractivity contribution in [2.24, 2.45) is 0 Å². The highest BCUT2D eigenvalue weighted by Gasteiger charge is 2.22. The molecule has 2 aromatic rings. The third-order valence-corrected chi connectivity index (χ3v) is 3.14. The van der Waals surface area contributed by atoms with E-state index in [0.717, 1.165) is 18.2 Å². The van der Waals surface area contributed by atoms with Crippen LogP contribution in [0.2, 0.25) is 0 Å². The van der Waals surface area contributed by atoms with E-state index >= 15 is 0 Å². The number of hydrogen-bond acceptors (Lipinski definition) is 3. The zero-order valence-corrected chi connectivity index (χ0v) is 11.8. The molecule has 0 saturated heterocycles. The standard InChI is InChI=1S/C13H6BrF3N2O2/c14-8-4-10(19-20)13(12(17)11(8)16)21-7-2-1-6(5-18)9(15)3-7/h1-4,19-20H/p+1. The SMILES string of the molecule is N#Cc1ccc(Oc2c([NH2+]O)cc(Br)c(F)c2F)cc1F. The normalized spacial score (nSPS) is 10.3. The van der Waals surface area contributed by atoms with E-state index < -0.39 is 23.2 Å². The summed E-state index contributed by atoms with van der Waals surface area (Å²) in [6.07, 6.45) is 0. The van der Waals surface area contributed by atoms with E-state index in [1.807, 2.05) is 0 Å². The Kier molecular flexibility index (Phi) is 4.47. The number of ether oxygens (including phenoxy) is 1. The largest absolute Gasteiger partial charge is 0.448 e. The van der Waals surface area contributed by atoms with Gasteiger partial charge in [0.1, 0.15) is 17.6 Å². The van der Waals surface area contributed by atoms with Gasteiger partial charge in [0.15, 0.2) is 5.82 Å². The fraction of sp³-hybridized carbons (Fsp3) is 0. The van der Waals surface area contributed by atoms with Crippen molar-refractivity contribution in [3.63, 3.8) is 0 Å². The van der Waals surface area contributed by atoms with Gasteiger partial charge in [-0.25, -0.2) is 14.0 Å². The predicted molar refractivity (Wildman–Crippen MR) is 68.6 cm³/mol. The van der Waals surface area contributed by atoms with Crippen molar-refractivity contribution in [3.8, 4) is 17.6 Å². The summed E-state index contributed by atoms with van der Waals surface area (Å²) < 4.78 is 45.6. The first-order valence-electron chi connectivity index (χ1n) is 5.50. The highest BCUT2D eigenvalue weighted by molar-refractivity contribution is 9.10. The zero-order chi connectivity index (χ0) is 15.6. The van der Waals surface area contributed by atoms with E-state index in [4.69, 9.17) is 15.2 Å². The van der Waals surface area contributed by atoms with Crippen LogP contribution in [0.5, 0.6) is 11.5 Å². The smallest absolute Gasteiger partial charge is 0.229 e. The third-order valence-electron chi connectivity index (χ3n) is 2.57. The van der Waals surface area contributed by atoms with E-state index in [2.05, 4.69) is 15.9 Å². The van der Waals surface area contributed by atoms with Crippen molar-refractivity contribution in [2.45, 2.75) is 0 Å². The molecule has 0 unspecified atom stereocenters. The Morgan fingerprint density at radius 1 is 1.19 bits per heavy atom. The maximum absolute atomic E-state index is 13.8. The van der Waals surface area contributed by atoms with Crippen LogP contribution in [0.4, 0.5) is 18.9 Å². The molecule has 3 N–H and O–H groups in total. The maximum Gasteiger partial charge on any atom is 0.229 e. The Morgan fingerprint density at radius 2 is 1.90 bits per heavy atom. The monoisotopic (exact) mass is 359 g/mol. The van der Waals surface area contributed by atoms with Gasteiger partial charge in [-0.1, -0.05) is 0 Å². The van der Waals surface area contributed by atoms with Gasteiger partial charge in [0.2, 0.25) is 17.3 Å². The second-order valence-corrected chi connectivity index (χ2v) is 4.74. The number of nitrogens with two attached hydrogens (primary N) is 1. The van der Waals surface area contributed by atoms with Crippen molar-refractivity contribution in [1.29, 1.82) is 5.26 Å². The molecule has 0 aliphatic carbocycles. The average molecular weight is 360 g/mol. The molecule has 0 spiro atoms. The van der Waals surface area contributed by atoms with Gasteiger partial charge in [0.05, 0.1) is 10.0 Å². The molecular weight excluding hydrogens is 353 g/mol. The van der Waals surface area contributed by atoms with Crippen molar-refractivity contribution in [2.75, 3.05) is 0 Å². The molecule has 0 radical (unpaired) electrons. The Bertz CT molecular complexity index is 747. The van der Waals surface area contributed by atoms with Crippen LogP contribution in [0.3, 0.4) is 0 Å². The second kappa shape index (κ2) is 6.13. The summed E-state index contributed by atoms with van der Waals surface area (Å²) in [6.45, 7) is 0. The second-order valence-electron chi connectivity index (χ2n) is 3.89. The number of quaternary nitrogens is 1. The van der Waals surface area contributed by atoms with E-state index in [0.29, 0.717) is 5.48 Å². The molecule has 8 heteroatoms. The summed E-state index contributed by atoms with van der Waals surface area (Å²) in [7, 11) is 0. The van der Waals surface area contributed by atoms with Crippen LogP contribution in [0.15, 0.2) is 28.7 Å². The van der Waals surface area contributed by atoms with Crippen molar-refractivity contribution >= 4 is 21.6 Å². The van der Waals surface area contributed by atoms with Gasteiger partial charge in [-0.3, -0.25) is 0 Å². The Morgan fingerprint density at radius 3 is 2.48 bits per heavy atom. The fourth-order valence-corrected chi connectivity index (χ4v) is 1.98. The Balaban J connectivity index is 2.47. The van der Waals surface area contributed by atoms with Crippen LogP contribution in [-0.4, -0.2) is 5.21 Å². The first-order chi connectivity index (χ1) is 9.97. The van der Waals surface area contributed by atoms with Gasteiger partial charge >= 0.3 is 0 Å². The molecule has 0 aliphatic heterocycles. The Hall–Kier alpha value is -2.08. The molecule has 0 atom stereocenters. The van der Waals surface area contributed by atoms with E-state index in [1.165, 1.54) is 6.07 Å². The fourth-order valence-electron chi connectivity index (χ4n) is 1.56. The van der Waals surface area contributed by atoms with Crippen LogP contribution in [0, 0.1) is 28.8 Å². The molecule has 0 amide bonds. The number of benzene rings is 2. The minimum atomic E-state index is -1.34. The zero-order valence-electron chi connectivity index (χ0n) is 10.2. The molecule has 0 aliphatic rings. The van der Waals surface area contributed by atoms with E-state index in [9.17, 15) is 13.2 Å². The number of rotatable bonds is 3.